The van der Waals surface area contributed by atoms with Crippen LogP contribution in [0.4, 0.5) is 0 Å². The van der Waals surface area contributed by atoms with Crippen LogP contribution in [0.15, 0.2) is 58.3 Å². The lowest BCUT2D eigenvalue weighted by molar-refractivity contribution is 0.191. The molecule has 160 valence electrons. The number of aliphatic hydroxyl groups excluding tert-OH is 1. The first-order valence-corrected chi connectivity index (χ1v) is 11.3. The highest BCUT2D eigenvalue weighted by Gasteiger charge is 2.11. The minimum atomic E-state index is -0.620. The van der Waals surface area contributed by atoms with Crippen molar-refractivity contribution >= 4 is 27.4 Å². The lowest BCUT2D eigenvalue weighted by atomic mass is 10.2. The summed E-state index contributed by atoms with van der Waals surface area (Å²) in [5.41, 5.74) is 1.04. The predicted molar refractivity (Wildman–Crippen MR) is 125 cm³/mol. The van der Waals surface area contributed by atoms with E-state index in [0.717, 1.165) is 41.9 Å². The molecule has 3 aromatic rings. The monoisotopic (exact) mass is 426 g/mol. The molecule has 0 amide bonds. The Morgan fingerprint density at radius 3 is 2.77 bits per heavy atom. The van der Waals surface area contributed by atoms with Crippen molar-refractivity contribution in [1.29, 1.82) is 0 Å². The fourth-order valence-corrected chi connectivity index (χ4v) is 4.33. The molecule has 1 atom stereocenters. The first-order valence-electron chi connectivity index (χ1n) is 10.4. The Hall–Kier alpha value is -2.64. The minimum absolute atomic E-state index is 0.0492. The maximum Gasteiger partial charge on any atom is 0.250 e. The van der Waals surface area contributed by atoms with Crippen molar-refractivity contribution in [1.82, 2.24) is 15.2 Å². The molecular formula is C23H30N4O2S. The van der Waals surface area contributed by atoms with Crippen molar-refractivity contribution in [2.24, 2.45) is 4.99 Å². The van der Waals surface area contributed by atoms with Crippen molar-refractivity contribution in [3.05, 3.63) is 69.5 Å². The molecule has 2 heterocycles. The number of guanidine groups is 1. The van der Waals surface area contributed by atoms with Crippen molar-refractivity contribution in [3.8, 4) is 0 Å². The molecule has 0 spiro atoms. The molecule has 7 heteroatoms. The summed E-state index contributed by atoms with van der Waals surface area (Å²) in [6.45, 7) is 6.50. The normalized spacial score (nSPS) is 12.8. The standard InChI is InChI=1S/C23H30N4O2S/c1-3-24-23(25-13-6-7-14-27-17(2)9-8-12-22(27)29)26-16-19(28)21-15-18-10-4-5-11-20(18)30-21/h4-5,8-12,15,19,28H,3,6-7,13-14,16H2,1-2H3,(H2,24,25,26). The summed E-state index contributed by atoms with van der Waals surface area (Å²) in [6, 6.07) is 15.5. The van der Waals surface area contributed by atoms with Gasteiger partial charge in [0.1, 0.15) is 6.10 Å². The molecule has 0 fully saturated rings. The third-order valence-electron chi connectivity index (χ3n) is 4.91. The zero-order valence-electron chi connectivity index (χ0n) is 17.6. The maximum atomic E-state index is 11.9. The summed E-state index contributed by atoms with van der Waals surface area (Å²) in [6.07, 6.45) is 1.21. The molecule has 3 rings (SSSR count). The third-order valence-corrected chi connectivity index (χ3v) is 6.13. The third kappa shape index (κ3) is 5.93. The molecule has 0 aliphatic heterocycles. The van der Waals surface area contributed by atoms with E-state index >= 15 is 0 Å². The van der Waals surface area contributed by atoms with E-state index in [-0.39, 0.29) is 5.56 Å². The summed E-state index contributed by atoms with van der Waals surface area (Å²) in [4.78, 5) is 17.4. The number of benzene rings is 1. The number of aliphatic hydroxyl groups is 1. The van der Waals surface area contributed by atoms with Crippen LogP contribution in [-0.2, 0) is 6.54 Å². The van der Waals surface area contributed by atoms with Crippen molar-refractivity contribution in [2.45, 2.75) is 39.3 Å². The quantitative estimate of drug-likeness (QED) is 0.278. The van der Waals surface area contributed by atoms with Gasteiger partial charge in [-0.15, -0.1) is 11.3 Å². The highest BCUT2D eigenvalue weighted by molar-refractivity contribution is 7.19. The second-order valence-electron chi connectivity index (χ2n) is 7.21. The zero-order valence-corrected chi connectivity index (χ0v) is 18.4. The Balaban J connectivity index is 1.48. The van der Waals surface area contributed by atoms with Crippen molar-refractivity contribution < 1.29 is 5.11 Å². The van der Waals surface area contributed by atoms with Crippen LogP contribution >= 0.6 is 11.3 Å². The number of nitrogens with zero attached hydrogens (tertiary/aromatic N) is 2. The van der Waals surface area contributed by atoms with Gasteiger partial charge in [0.25, 0.3) is 5.56 Å². The number of hydrogen-bond acceptors (Lipinski definition) is 4. The lowest BCUT2D eigenvalue weighted by Gasteiger charge is -2.13. The number of unbranched alkanes of at least 4 members (excludes halogenated alkanes) is 1. The summed E-state index contributed by atoms with van der Waals surface area (Å²) < 4.78 is 2.98. The maximum absolute atomic E-state index is 11.9. The lowest BCUT2D eigenvalue weighted by Crippen LogP contribution is -2.38. The average molecular weight is 427 g/mol. The van der Waals surface area contributed by atoms with Crippen molar-refractivity contribution in [3.63, 3.8) is 0 Å². The Bertz CT molecular complexity index is 1010. The molecule has 1 unspecified atom stereocenters. The Kier molecular flexibility index (Phi) is 8.04. The van der Waals surface area contributed by atoms with Gasteiger partial charge in [0.2, 0.25) is 0 Å². The van der Waals surface area contributed by atoms with Crippen LogP contribution in [0, 0.1) is 6.92 Å². The van der Waals surface area contributed by atoms with E-state index in [1.54, 1.807) is 28.0 Å². The Labute approximate surface area is 181 Å². The number of aromatic nitrogens is 1. The Morgan fingerprint density at radius 1 is 1.17 bits per heavy atom. The van der Waals surface area contributed by atoms with Crippen LogP contribution in [0.1, 0.15) is 36.4 Å². The van der Waals surface area contributed by atoms with E-state index in [0.29, 0.717) is 19.0 Å². The van der Waals surface area contributed by atoms with E-state index < -0.39 is 6.10 Å². The summed E-state index contributed by atoms with van der Waals surface area (Å²) in [7, 11) is 0. The second-order valence-corrected chi connectivity index (χ2v) is 8.33. The molecule has 6 nitrogen and oxygen atoms in total. The fraction of sp³-hybridized carbons (Fsp3) is 0.391. The van der Waals surface area contributed by atoms with Crippen LogP contribution in [-0.4, -0.2) is 35.3 Å². The summed E-state index contributed by atoms with van der Waals surface area (Å²) in [5, 5.41) is 18.2. The van der Waals surface area contributed by atoms with E-state index in [9.17, 15) is 9.90 Å². The van der Waals surface area contributed by atoms with Crippen LogP contribution < -0.4 is 16.2 Å². The molecule has 3 N–H and O–H groups in total. The molecular weight excluding hydrogens is 396 g/mol. The number of hydrogen-bond donors (Lipinski definition) is 3. The largest absolute Gasteiger partial charge is 0.386 e. The molecule has 30 heavy (non-hydrogen) atoms. The van der Waals surface area contributed by atoms with Gasteiger partial charge in [-0.25, -0.2) is 0 Å². The predicted octanol–water partition coefficient (Wildman–Crippen LogP) is 3.44. The SMILES string of the molecule is CCNC(=NCC(O)c1cc2ccccc2s1)NCCCCn1c(C)cccc1=O. The van der Waals surface area contributed by atoms with Crippen LogP contribution in [0.5, 0.6) is 0 Å². The van der Waals surface area contributed by atoms with Gasteiger partial charge >= 0.3 is 0 Å². The number of rotatable bonds is 9. The van der Waals surface area contributed by atoms with Gasteiger partial charge in [0, 0.05) is 41.0 Å². The first-order chi connectivity index (χ1) is 14.6. The molecule has 0 saturated carbocycles. The topological polar surface area (TPSA) is 78.7 Å². The van der Waals surface area contributed by atoms with Gasteiger partial charge in [-0.1, -0.05) is 24.3 Å². The van der Waals surface area contributed by atoms with Gasteiger partial charge in [-0.3, -0.25) is 9.79 Å². The minimum Gasteiger partial charge on any atom is -0.386 e. The van der Waals surface area contributed by atoms with Gasteiger partial charge in [-0.05, 0) is 50.3 Å². The van der Waals surface area contributed by atoms with Gasteiger partial charge < -0.3 is 20.3 Å². The first kappa shape index (κ1) is 22.1. The Morgan fingerprint density at radius 2 is 2.00 bits per heavy atom. The highest BCUT2D eigenvalue weighted by atomic mass is 32.1. The van der Waals surface area contributed by atoms with Crippen molar-refractivity contribution in [2.75, 3.05) is 19.6 Å². The molecule has 0 bridgehead atoms. The zero-order chi connectivity index (χ0) is 21.3. The van der Waals surface area contributed by atoms with E-state index in [4.69, 9.17) is 0 Å². The van der Waals surface area contributed by atoms with Crippen LogP contribution in [0.3, 0.4) is 0 Å². The number of thiophene rings is 1. The molecule has 0 aliphatic carbocycles. The molecule has 0 aliphatic rings. The smallest absolute Gasteiger partial charge is 0.250 e. The summed E-state index contributed by atoms with van der Waals surface area (Å²) in [5.74, 6) is 0.700. The van der Waals surface area contributed by atoms with Crippen LogP contribution in [0.25, 0.3) is 10.1 Å². The second kappa shape index (κ2) is 10.9. The molecule has 0 radical (unpaired) electrons. The number of fused-ring (bicyclic) bond motifs is 1. The van der Waals surface area contributed by atoms with Gasteiger partial charge in [0.15, 0.2) is 5.96 Å². The fourth-order valence-electron chi connectivity index (χ4n) is 3.29. The molecule has 2 aromatic heterocycles. The molecule has 0 saturated heterocycles. The number of nitrogens with one attached hydrogen (secondary N) is 2. The van der Waals surface area contributed by atoms with E-state index in [1.807, 2.05) is 38.1 Å². The van der Waals surface area contributed by atoms with E-state index in [2.05, 4.69) is 27.8 Å². The average Bonchev–Trinajstić information content (AvgIpc) is 3.17. The number of aryl methyl sites for hydroxylation is 1. The number of pyridine rings is 1. The van der Waals surface area contributed by atoms with Gasteiger partial charge in [-0.2, -0.15) is 0 Å². The molecule has 1 aromatic carbocycles. The number of aliphatic imine (C=N–C) groups is 1. The van der Waals surface area contributed by atoms with Gasteiger partial charge in [0.05, 0.1) is 6.54 Å². The van der Waals surface area contributed by atoms with E-state index in [1.165, 1.54) is 4.70 Å². The van der Waals surface area contributed by atoms with Crippen LogP contribution in [0.2, 0.25) is 0 Å². The highest BCUT2D eigenvalue weighted by Crippen LogP contribution is 2.29. The summed E-state index contributed by atoms with van der Waals surface area (Å²) >= 11 is 1.61.